The Morgan fingerprint density at radius 2 is 1.94 bits per heavy atom. The molecule has 0 spiro atoms. The lowest BCUT2D eigenvalue weighted by atomic mass is 10.0. The molecule has 174 valence electrons. The molecule has 2 N–H and O–H groups in total. The molecule has 6 nitrogen and oxygen atoms in total. The second-order valence-electron chi connectivity index (χ2n) is 8.75. The quantitative estimate of drug-likeness (QED) is 0.172. The van der Waals surface area contributed by atoms with Gasteiger partial charge in [-0.15, -0.1) is 0 Å². The Balaban J connectivity index is 1.56. The lowest BCUT2D eigenvalue weighted by Gasteiger charge is -2.17. The van der Waals surface area contributed by atoms with Crippen molar-refractivity contribution in [3.05, 3.63) is 36.1 Å². The van der Waals surface area contributed by atoms with Crippen LogP contribution in [0.3, 0.4) is 0 Å². The molecule has 31 heavy (non-hydrogen) atoms. The fourth-order valence-electron chi connectivity index (χ4n) is 3.63. The van der Waals surface area contributed by atoms with Crippen LogP contribution in [0.15, 0.2) is 36.1 Å². The second kappa shape index (κ2) is 12.8. The molecule has 2 rings (SSSR count). The van der Waals surface area contributed by atoms with E-state index in [9.17, 15) is 14.7 Å². The second-order valence-corrected chi connectivity index (χ2v) is 8.75. The van der Waals surface area contributed by atoms with Crippen LogP contribution in [-0.2, 0) is 19.1 Å². The van der Waals surface area contributed by atoms with E-state index >= 15 is 0 Å². The molecule has 6 heteroatoms. The van der Waals surface area contributed by atoms with Crippen molar-refractivity contribution in [3.63, 3.8) is 0 Å². The van der Waals surface area contributed by atoms with Crippen molar-refractivity contribution in [2.24, 2.45) is 0 Å². The summed E-state index contributed by atoms with van der Waals surface area (Å²) in [4.78, 5) is 23.9. The Hall–Kier alpha value is -1.92. The Bertz CT molecular complexity index is 683. The average molecular weight is 434 g/mol. The van der Waals surface area contributed by atoms with Crippen LogP contribution in [0, 0.1) is 0 Å². The third kappa shape index (κ3) is 9.40. The highest BCUT2D eigenvalue weighted by atomic mass is 16.6. The number of aliphatic hydroxyl groups excluding tert-OH is 1. The van der Waals surface area contributed by atoms with Crippen LogP contribution in [0.1, 0.15) is 85.0 Å². The standard InChI is InChI=1S/C25H39NO5/c1-4-6-7-8-9-12-15-21-22(30-21)16-13-10-11-14-19(27)17-23(28)26-20-18-25(3,5-2)31-24(20)29/h10-11,13-14,18-19,21-22,27H,4-9,12,15-17H2,1-3H3,(H,26,28)/b13-10+,14-11+. The van der Waals surface area contributed by atoms with Crippen LogP contribution in [0.2, 0.25) is 0 Å². The SMILES string of the molecule is CCCCCCCCC1OC1C/C=C/C=C/C(O)CC(=O)NC1=CC(C)(CC)OC1=O. The maximum Gasteiger partial charge on any atom is 0.355 e. The van der Waals surface area contributed by atoms with Crippen molar-refractivity contribution in [2.45, 2.75) is 109 Å². The zero-order valence-corrected chi connectivity index (χ0v) is 19.3. The molecule has 1 fully saturated rings. The van der Waals surface area contributed by atoms with Crippen molar-refractivity contribution in [1.82, 2.24) is 5.32 Å². The minimum absolute atomic E-state index is 0.121. The van der Waals surface area contributed by atoms with Gasteiger partial charge in [0.1, 0.15) is 11.3 Å². The number of rotatable bonds is 15. The number of amides is 1. The van der Waals surface area contributed by atoms with Gasteiger partial charge < -0.3 is 19.9 Å². The van der Waals surface area contributed by atoms with Gasteiger partial charge in [-0.25, -0.2) is 4.79 Å². The van der Waals surface area contributed by atoms with E-state index in [1.54, 1.807) is 25.2 Å². The van der Waals surface area contributed by atoms with E-state index in [1.165, 1.54) is 38.5 Å². The molecule has 0 aromatic heterocycles. The fourth-order valence-corrected chi connectivity index (χ4v) is 3.63. The predicted octanol–water partition coefficient (Wildman–Crippen LogP) is 4.48. The summed E-state index contributed by atoms with van der Waals surface area (Å²) < 4.78 is 10.9. The first-order chi connectivity index (χ1) is 14.9. The van der Waals surface area contributed by atoms with E-state index in [1.807, 2.05) is 19.1 Å². The summed E-state index contributed by atoms with van der Waals surface area (Å²) in [5.41, 5.74) is -0.535. The number of carbonyl (C=O) groups is 2. The number of epoxide rings is 1. The molecule has 1 amide bonds. The molecule has 4 unspecified atom stereocenters. The van der Waals surface area contributed by atoms with Gasteiger partial charge in [0.15, 0.2) is 0 Å². The maximum absolute atomic E-state index is 12.0. The lowest BCUT2D eigenvalue weighted by molar-refractivity contribution is -0.146. The zero-order chi connectivity index (χ0) is 22.7. The van der Waals surface area contributed by atoms with Crippen molar-refractivity contribution < 1.29 is 24.2 Å². The smallest absolute Gasteiger partial charge is 0.355 e. The fraction of sp³-hybridized carbons (Fsp3) is 0.680. The van der Waals surface area contributed by atoms with Gasteiger partial charge in [-0.2, -0.15) is 0 Å². The summed E-state index contributed by atoms with van der Waals surface area (Å²) >= 11 is 0. The van der Waals surface area contributed by atoms with E-state index in [0.717, 1.165) is 12.8 Å². The number of nitrogens with one attached hydrogen (secondary N) is 1. The number of hydrogen-bond donors (Lipinski definition) is 2. The first-order valence-corrected chi connectivity index (χ1v) is 11.8. The molecule has 0 saturated carbocycles. The van der Waals surface area contributed by atoms with Gasteiger partial charge in [0.25, 0.3) is 0 Å². The molecule has 2 aliphatic rings. The maximum atomic E-state index is 12.0. The van der Waals surface area contributed by atoms with Crippen LogP contribution < -0.4 is 5.32 Å². The Morgan fingerprint density at radius 3 is 2.65 bits per heavy atom. The third-order valence-corrected chi connectivity index (χ3v) is 5.84. The van der Waals surface area contributed by atoms with Crippen molar-refractivity contribution in [2.75, 3.05) is 0 Å². The van der Waals surface area contributed by atoms with Crippen LogP contribution in [0.5, 0.6) is 0 Å². The summed E-state index contributed by atoms with van der Waals surface area (Å²) in [5, 5.41) is 12.5. The monoisotopic (exact) mass is 433 g/mol. The van der Waals surface area contributed by atoms with Gasteiger partial charge in [-0.3, -0.25) is 4.79 Å². The summed E-state index contributed by atoms with van der Waals surface area (Å²) in [6.07, 6.45) is 19.0. The highest BCUT2D eigenvalue weighted by molar-refractivity contribution is 5.96. The average Bonchev–Trinajstić information content (AvgIpc) is 3.40. The first kappa shape index (κ1) is 25.3. The predicted molar refractivity (Wildman–Crippen MR) is 121 cm³/mol. The number of ether oxygens (including phenoxy) is 2. The molecule has 2 heterocycles. The van der Waals surface area contributed by atoms with Gasteiger partial charge in [-0.1, -0.05) is 76.7 Å². The molecule has 0 aromatic rings. The number of aliphatic hydroxyl groups is 1. The lowest BCUT2D eigenvalue weighted by Crippen LogP contribution is -2.28. The number of allylic oxidation sites excluding steroid dienone is 2. The van der Waals surface area contributed by atoms with Gasteiger partial charge >= 0.3 is 5.97 Å². The molecular formula is C25H39NO5. The zero-order valence-electron chi connectivity index (χ0n) is 19.3. The minimum Gasteiger partial charge on any atom is -0.450 e. The van der Waals surface area contributed by atoms with Gasteiger partial charge in [0, 0.05) is 0 Å². The van der Waals surface area contributed by atoms with Gasteiger partial charge in [0.05, 0.1) is 24.7 Å². The molecule has 0 bridgehead atoms. The minimum atomic E-state index is -0.919. The summed E-state index contributed by atoms with van der Waals surface area (Å²) in [7, 11) is 0. The van der Waals surface area contributed by atoms with Gasteiger partial charge in [-0.05, 0) is 32.3 Å². The van der Waals surface area contributed by atoms with Crippen LogP contribution in [-0.4, -0.2) is 40.9 Å². The number of cyclic esters (lactones) is 1. The number of carbonyl (C=O) groups excluding carboxylic acids is 2. The normalized spacial score (nSPS) is 26.3. The van der Waals surface area contributed by atoms with E-state index in [2.05, 4.69) is 12.2 Å². The van der Waals surface area contributed by atoms with Crippen molar-refractivity contribution in [1.29, 1.82) is 0 Å². The molecule has 0 radical (unpaired) electrons. The number of unbranched alkanes of at least 4 members (excludes halogenated alkanes) is 5. The topological polar surface area (TPSA) is 88.2 Å². The summed E-state index contributed by atoms with van der Waals surface area (Å²) in [6, 6.07) is 0. The van der Waals surface area contributed by atoms with E-state index < -0.39 is 23.6 Å². The Kier molecular flexibility index (Phi) is 10.5. The Morgan fingerprint density at radius 1 is 1.19 bits per heavy atom. The molecule has 1 saturated heterocycles. The number of hydrogen-bond acceptors (Lipinski definition) is 5. The van der Waals surface area contributed by atoms with Gasteiger partial charge in [0.2, 0.25) is 5.91 Å². The molecule has 0 aliphatic carbocycles. The van der Waals surface area contributed by atoms with Crippen molar-refractivity contribution >= 4 is 11.9 Å². The number of esters is 1. The van der Waals surface area contributed by atoms with E-state index in [-0.39, 0.29) is 12.1 Å². The highest BCUT2D eigenvalue weighted by Gasteiger charge is 2.36. The van der Waals surface area contributed by atoms with E-state index in [4.69, 9.17) is 9.47 Å². The van der Waals surface area contributed by atoms with E-state index in [0.29, 0.717) is 18.6 Å². The molecule has 0 aromatic carbocycles. The summed E-state index contributed by atoms with van der Waals surface area (Å²) in [6.45, 7) is 5.93. The summed E-state index contributed by atoms with van der Waals surface area (Å²) in [5.74, 6) is -0.962. The third-order valence-electron chi connectivity index (χ3n) is 5.84. The highest BCUT2D eigenvalue weighted by Crippen LogP contribution is 2.30. The van der Waals surface area contributed by atoms with Crippen molar-refractivity contribution in [3.8, 4) is 0 Å². The van der Waals surface area contributed by atoms with Crippen LogP contribution in [0.4, 0.5) is 0 Å². The van der Waals surface area contributed by atoms with Crippen LogP contribution in [0.25, 0.3) is 0 Å². The molecule has 4 atom stereocenters. The Labute approximate surface area is 186 Å². The van der Waals surface area contributed by atoms with Crippen LogP contribution >= 0.6 is 0 Å². The first-order valence-electron chi connectivity index (χ1n) is 11.8. The largest absolute Gasteiger partial charge is 0.450 e. The molecule has 2 aliphatic heterocycles. The molecular weight excluding hydrogens is 394 g/mol.